The van der Waals surface area contributed by atoms with Gasteiger partial charge in [0.15, 0.2) is 0 Å². The van der Waals surface area contributed by atoms with Crippen LogP contribution in [-0.2, 0) is 9.57 Å². The fourth-order valence-electron chi connectivity index (χ4n) is 0.492. The van der Waals surface area contributed by atoms with Crippen molar-refractivity contribution in [3.05, 3.63) is 0 Å². The lowest BCUT2D eigenvalue weighted by Crippen LogP contribution is -2.25. The first-order chi connectivity index (χ1) is 4.83. The normalized spacial score (nSPS) is 16.5. The molecule has 4 heteroatoms. The Morgan fingerprint density at radius 3 is 2.90 bits per heavy atom. The maximum atomic E-state index is 10.6. The summed E-state index contributed by atoms with van der Waals surface area (Å²) in [7, 11) is 0. The summed E-state index contributed by atoms with van der Waals surface area (Å²) in [6.45, 7) is 2.25. The summed E-state index contributed by atoms with van der Waals surface area (Å²) in [5.74, 6) is 0. The van der Waals surface area contributed by atoms with Crippen molar-refractivity contribution in [2.75, 3.05) is 6.61 Å². The summed E-state index contributed by atoms with van der Waals surface area (Å²) in [5, 5.41) is 0. The molecule has 0 atom stereocenters. The third kappa shape index (κ3) is 2.68. The standard InChI is InChI=1S/C6H11NO3/c1-2-9-7-6(8)10-5-3-4-5/h5H,2-4H2,1H3,(H,7,8). The smallest absolute Gasteiger partial charge is 0.431 e. The lowest BCUT2D eigenvalue weighted by molar-refractivity contribution is 0.0316. The van der Waals surface area contributed by atoms with Crippen LogP contribution in [0, 0.1) is 0 Å². The van der Waals surface area contributed by atoms with E-state index in [9.17, 15) is 4.79 Å². The first kappa shape index (κ1) is 7.34. The van der Waals surface area contributed by atoms with Gasteiger partial charge >= 0.3 is 6.09 Å². The third-order valence-electron chi connectivity index (χ3n) is 1.10. The molecule has 0 saturated heterocycles. The van der Waals surface area contributed by atoms with Crippen molar-refractivity contribution in [2.24, 2.45) is 0 Å². The summed E-state index contributed by atoms with van der Waals surface area (Å²) in [5.41, 5.74) is 2.14. The van der Waals surface area contributed by atoms with Crippen LogP contribution < -0.4 is 5.48 Å². The van der Waals surface area contributed by atoms with Crippen molar-refractivity contribution in [3.8, 4) is 0 Å². The predicted octanol–water partition coefficient (Wildman–Crippen LogP) is 0.827. The van der Waals surface area contributed by atoms with Crippen molar-refractivity contribution in [3.63, 3.8) is 0 Å². The molecule has 0 bridgehead atoms. The Bertz CT molecular complexity index is 122. The lowest BCUT2D eigenvalue weighted by atomic mass is 10.8. The van der Waals surface area contributed by atoms with Gasteiger partial charge in [0, 0.05) is 0 Å². The van der Waals surface area contributed by atoms with Gasteiger partial charge in [-0.05, 0) is 19.8 Å². The van der Waals surface area contributed by atoms with Crippen molar-refractivity contribution in [1.29, 1.82) is 0 Å². The van der Waals surface area contributed by atoms with E-state index in [1.54, 1.807) is 6.92 Å². The van der Waals surface area contributed by atoms with Gasteiger partial charge in [0.1, 0.15) is 6.10 Å². The van der Waals surface area contributed by atoms with Gasteiger partial charge in [0.05, 0.1) is 6.61 Å². The van der Waals surface area contributed by atoms with E-state index in [0.717, 1.165) is 12.8 Å². The number of carbonyl (C=O) groups is 1. The molecule has 0 aromatic carbocycles. The summed E-state index contributed by atoms with van der Waals surface area (Å²) in [4.78, 5) is 15.2. The first-order valence-corrected chi connectivity index (χ1v) is 3.41. The summed E-state index contributed by atoms with van der Waals surface area (Å²) in [6, 6.07) is 0. The highest BCUT2D eigenvalue weighted by Gasteiger charge is 2.25. The monoisotopic (exact) mass is 145 g/mol. The molecule has 1 amide bonds. The number of hydrogen-bond donors (Lipinski definition) is 1. The van der Waals surface area contributed by atoms with E-state index in [1.165, 1.54) is 0 Å². The van der Waals surface area contributed by atoms with Crippen LogP contribution in [0.2, 0.25) is 0 Å². The minimum absolute atomic E-state index is 0.139. The first-order valence-electron chi connectivity index (χ1n) is 3.41. The molecule has 0 unspecified atom stereocenters. The maximum absolute atomic E-state index is 10.6. The van der Waals surface area contributed by atoms with Crippen LogP contribution in [0.5, 0.6) is 0 Å². The van der Waals surface area contributed by atoms with Crippen LogP contribution in [0.25, 0.3) is 0 Å². The van der Waals surface area contributed by atoms with E-state index in [4.69, 9.17) is 4.74 Å². The second-order valence-corrected chi connectivity index (χ2v) is 2.14. The fraction of sp³-hybridized carbons (Fsp3) is 0.833. The van der Waals surface area contributed by atoms with Gasteiger partial charge in [-0.3, -0.25) is 4.84 Å². The number of carbonyl (C=O) groups excluding carboxylic acids is 1. The number of rotatable bonds is 3. The Morgan fingerprint density at radius 1 is 1.70 bits per heavy atom. The van der Waals surface area contributed by atoms with Gasteiger partial charge in [-0.2, -0.15) is 5.48 Å². The predicted molar refractivity (Wildman–Crippen MR) is 34.3 cm³/mol. The zero-order chi connectivity index (χ0) is 7.40. The highest BCUT2D eigenvalue weighted by molar-refractivity contribution is 5.66. The number of hydrogen-bond acceptors (Lipinski definition) is 3. The molecule has 0 heterocycles. The molecule has 1 N–H and O–H groups in total. The minimum Gasteiger partial charge on any atom is -0.445 e. The zero-order valence-corrected chi connectivity index (χ0v) is 5.92. The van der Waals surface area contributed by atoms with Crippen molar-refractivity contribution >= 4 is 6.09 Å². The topological polar surface area (TPSA) is 47.6 Å². The molecule has 0 aromatic rings. The number of amides is 1. The molecule has 1 saturated carbocycles. The summed E-state index contributed by atoms with van der Waals surface area (Å²) in [6.07, 6.45) is 1.63. The minimum atomic E-state index is -0.482. The van der Waals surface area contributed by atoms with Crippen LogP contribution in [0.1, 0.15) is 19.8 Å². The average molecular weight is 145 g/mol. The largest absolute Gasteiger partial charge is 0.445 e. The zero-order valence-electron chi connectivity index (χ0n) is 5.92. The highest BCUT2D eigenvalue weighted by Crippen LogP contribution is 2.23. The molecule has 0 aliphatic heterocycles. The van der Waals surface area contributed by atoms with Crippen LogP contribution in [0.3, 0.4) is 0 Å². The van der Waals surface area contributed by atoms with Crippen LogP contribution >= 0.6 is 0 Å². The Balaban J connectivity index is 1.97. The van der Waals surface area contributed by atoms with Crippen LogP contribution in [0.15, 0.2) is 0 Å². The van der Waals surface area contributed by atoms with Gasteiger partial charge in [0.25, 0.3) is 0 Å². The molecular formula is C6H11NO3. The van der Waals surface area contributed by atoms with Gasteiger partial charge in [-0.25, -0.2) is 4.79 Å². The molecule has 58 valence electrons. The van der Waals surface area contributed by atoms with E-state index in [0.29, 0.717) is 6.61 Å². The molecule has 1 aliphatic rings. The Labute approximate surface area is 59.5 Å². The maximum Gasteiger partial charge on any atom is 0.431 e. The van der Waals surface area contributed by atoms with E-state index in [-0.39, 0.29) is 6.10 Å². The summed E-state index contributed by atoms with van der Waals surface area (Å²) >= 11 is 0. The van der Waals surface area contributed by atoms with Gasteiger partial charge < -0.3 is 4.74 Å². The molecule has 4 nitrogen and oxygen atoms in total. The molecule has 10 heavy (non-hydrogen) atoms. The van der Waals surface area contributed by atoms with Gasteiger partial charge in [-0.1, -0.05) is 0 Å². The lowest BCUT2D eigenvalue weighted by Gasteiger charge is -2.02. The van der Waals surface area contributed by atoms with E-state index in [1.807, 2.05) is 0 Å². The SMILES string of the molecule is CCONC(=O)OC1CC1. The van der Waals surface area contributed by atoms with Gasteiger partial charge in [0.2, 0.25) is 0 Å². The van der Waals surface area contributed by atoms with Crippen molar-refractivity contribution < 1.29 is 14.4 Å². The molecule has 0 aromatic heterocycles. The Kier molecular flexibility index (Phi) is 2.50. The number of nitrogens with one attached hydrogen (secondary N) is 1. The molecule has 0 radical (unpaired) electrons. The summed E-state index contributed by atoms with van der Waals surface area (Å²) < 4.78 is 4.79. The van der Waals surface area contributed by atoms with Crippen LogP contribution in [-0.4, -0.2) is 18.8 Å². The Hall–Kier alpha value is -0.770. The molecule has 1 fully saturated rings. The third-order valence-corrected chi connectivity index (χ3v) is 1.10. The molecule has 0 spiro atoms. The number of hydroxylamine groups is 1. The Morgan fingerprint density at radius 2 is 2.40 bits per heavy atom. The van der Waals surface area contributed by atoms with Gasteiger partial charge in [-0.15, -0.1) is 0 Å². The molecule has 1 rings (SSSR count). The quantitative estimate of drug-likeness (QED) is 0.598. The average Bonchev–Trinajstić information content (AvgIpc) is 2.67. The fourth-order valence-corrected chi connectivity index (χ4v) is 0.492. The van der Waals surface area contributed by atoms with Crippen molar-refractivity contribution in [2.45, 2.75) is 25.9 Å². The number of ether oxygens (including phenoxy) is 1. The van der Waals surface area contributed by atoms with E-state index < -0.39 is 6.09 Å². The van der Waals surface area contributed by atoms with Crippen molar-refractivity contribution in [1.82, 2.24) is 5.48 Å². The molecular weight excluding hydrogens is 134 g/mol. The highest BCUT2D eigenvalue weighted by atomic mass is 16.7. The van der Waals surface area contributed by atoms with E-state index >= 15 is 0 Å². The second kappa shape index (κ2) is 3.41. The molecule has 1 aliphatic carbocycles. The van der Waals surface area contributed by atoms with Crippen LogP contribution in [0.4, 0.5) is 4.79 Å². The second-order valence-electron chi connectivity index (χ2n) is 2.14. The van der Waals surface area contributed by atoms with E-state index in [2.05, 4.69) is 10.3 Å².